The van der Waals surface area contributed by atoms with Gasteiger partial charge in [-0.3, -0.25) is 14.7 Å². The van der Waals surface area contributed by atoms with Crippen molar-refractivity contribution in [3.63, 3.8) is 0 Å². The zero-order valence-corrected chi connectivity index (χ0v) is 14.9. The third-order valence-corrected chi connectivity index (χ3v) is 5.48. The van der Waals surface area contributed by atoms with Crippen LogP contribution in [-0.2, 0) is 11.3 Å². The molecule has 0 aromatic carbocycles. The Morgan fingerprint density at radius 2 is 2.08 bits per heavy atom. The Balaban J connectivity index is 1.45. The van der Waals surface area contributed by atoms with E-state index < -0.39 is 0 Å². The Bertz CT molecular complexity index is 531. The van der Waals surface area contributed by atoms with Crippen molar-refractivity contribution in [3.8, 4) is 0 Å². The van der Waals surface area contributed by atoms with Gasteiger partial charge < -0.3 is 15.3 Å². The fourth-order valence-electron chi connectivity index (χ4n) is 4.03. The Kier molecular flexibility index (Phi) is 6.78. The van der Waals surface area contributed by atoms with E-state index in [0.717, 1.165) is 64.1 Å². The maximum absolute atomic E-state index is 12.5. The highest BCUT2D eigenvalue weighted by molar-refractivity contribution is 5.78. The van der Waals surface area contributed by atoms with E-state index in [-0.39, 0.29) is 18.4 Å². The zero-order valence-electron chi connectivity index (χ0n) is 14.9. The van der Waals surface area contributed by atoms with Gasteiger partial charge in [-0.15, -0.1) is 0 Å². The molecule has 2 N–H and O–H groups in total. The molecular weight excluding hydrogens is 316 g/mol. The van der Waals surface area contributed by atoms with Crippen molar-refractivity contribution < 1.29 is 9.90 Å². The van der Waals surface area contributed by atoms with Gasteiger partial charge in [-0.05, 0) is 57.5 Å². The summed E-state index contributed by atoms with van der Waals surface area (Å²) in [5.74, 6) is 0.251. The molecule has 0 radical (unpaired) electrons. The number of hydrogen-bond acceptors (Lipinski definition) is 5. The Labute approximate surface area is 150 Å². The molecule has 0 bridgehead atoms. The maximum atomic E-state index is 12.5. The number of hydrogen-bond donors (Lipinski definition) is 2. The fraction of sp³-hybridized carbons (Fsp3) is 0.684. The molecule has 1 aromatic heterocycles. The normalized spacial score (nSPS) is 23.5. The number of nitrogens with zero attached hydrogens (tertiary/aromatic N) is 3. The van der Waals surface area contributed by atoms with E-state index in [0.29, 0.717) is 12.6 Å². The average Bonchev–Trinajstić information content (AvgIpc) is 2.68. The number of carbonyl (C=O) groups excluding carboxylic acids is 1. The fourth-order valence-corrected chi connectivity index (χ4v) is 4.03. The smallest absolute Gasteiger partial charge is 0.224 e. The average molecular weight is 346 g/mol. The molecule has 3 rings (SSSR count). The van der Waals surface area contributed by atoms with Crippen molar-refractivity contribution in [2.75, 3.05) is 39.3 Å². The molecule has 1 atom stereocenters. The molecular formula is C19H30N4O2. The van der Waals surface area contributed by atoms with Gasteiger partial charge in [0, 0.05) is 25.3 Å². The number of piperidine rings is 2. The van der Waals surface area contributed by atoms with Crippen molar-refractivity contribution >= 4 is 5.91 Å². The summed E-state index contributed by atoms with van der Waals surface area (Å²) >= 11 is 0. The highest BCUT2D eigenvalue weighted by Gasteiger charge is 2.31. The van der Waals surface area contributed by atoms with Crippen molar-refractivity contribution in [2.24, 2.45) is 5.92 Å². The van der Waals surface area contributed by atoms with Gasteiger partial charge in [0.05, 0.1) is 24.8 Å². The lowest BCUT2D eigenvalue weighted by Crippen LogP contribution is -2.51. The molecule has 3 heterocycles. The quantitative estimate of drug-likeness (QED) is 0.800. The molecule has 25 heavy (non-hydrogen) atoms. The summed E-state index contributed by atoms with van der Waals surface area (Å²) in [4.78, 5) is 21.6. The number of amides is 1. The van der Waals surface area contributed by atoms with Gasteiger partial charge >= 0.3 is 0 Å². The lowest BCUT2D eigenvalue weighted by Gasteiger charge is -2.42. The molecule has 1 amide bonds. The van der Waals surface area contributed by atoms with Crippen LogP contribution in [0.5, 0.6) is 0 Å². The Morgan fingerprint density at radius 3 is 2.80 bits per heavy atom. The van der Waals surface area contributed by atoms with Gasteiger partial charge in [-0.25, -0.2) is 0 Å². The Hall–Kier alpha value is -1.50. The maximum Gasteiger partial charge on any atom is 0.224 e. The molecule has 2 aliphatic rings. The summed E-state index contributed by atoms with van der Waals surface area (Å²) in [6.45, 7) is 5.62. The first kappa shape index (κ1) is 18.3. The predicted molar refractivity (Wildman–Crippen MR) is 96.9 cm³/mol. The highest BCUT2D eigenvalue weighted by Crippen LogP contribution is 2.24. The van der Waals surface area contributed by atoms with E-state index >= 15 is 0 Å². The van der Waals surface area contributed by atoms with Crippen LogP contribution in [0.15, 0.2) is 24.4 Å². The van der Waals surface area contributed by atoms with E-state index in [9.17, 15) is 4.79 Å². The van der Waals surface area contributed by atoms with E-state index in [1.165, 1.54) is 0 Å². The van der Waals surface area contributed by atoms with Gasteiger partial charge in [0.2, 0.25) is 5.91 Å². The topological polar surface area (TPSA) is 68.7 Å². The van der Waals surface area contributed by atoms with Gasteiger partial charge in [0.15, 0.2) is 0 Å². The number of aromatic nitrogens is 1. The summed E-state index contributed by atoms with van der Waals surface area (Å²) in [5.41, 5.74) is 0.903. The van der Waals surface area contributed by atoms with E-state index in [1.807, 2.05) is 18.2 Å². The highest BCUT2D eigenvalue weighted by atomic mass is 16.3. The summed E-state index contributed by atoms with van der Waals surface area (Å²) < 4.78 is 0. The minimum atomic E-state index is 0.0907. The molecule has 2 aliphatic heterocycles. The number of pyridine rings is 1. The number of carbonyl (C=O) groups is 1. The molecule has 2 saturated heterocycles. The molecule has 1 aromatic rings. The number of aliphatic hydroxyl groups is 1. The predicted octanol–water partition coefficient (Wildman–Crippen LogP) is 0.866. The van der Waals surface area contributed by atoms with Crippen LogP contribution in [0.25, 0.3) is 0 Å². The van der Waals surface area contributed by atoms with Crippen LogP contribution < -0.4 is 5.32 Å². The van der Waals surface area contributed by atoms with Crippen molar-refractivity contribution in [3.05, 3.63) is 30.1 Å². The van der Waals surface area contributed by atoms with Crippen LogP contribution in [0.3, 0.4) is 0 Å². The van der Waals surface area contributed by atoms with Crippen LogP contribution in [-0.4, -0.2) is 71.2 Å². The van der Waals surface area contributed by atoms with Crippen molar-refractivity contribution in [1.29, 1.82) is 0 Å². The van der Waals surface area contributed by atoms with Crippen LogP contribution >= 0.6 is 0 Å². The van der Waals surface area contributed by atoms with Gasteiger partial charge in [-0.2, -0.15) is 0 Å². The van der Waals surface area contributed by atoms with Crippen LogP contribution in [0.2, 0.25) is 0 Å². The first-order chi connectivity index (χ1) is 12.3. The minimum Gasteiger partial charge on any atom is -0.395 e. The van der Waals surface area contributed by atoms with Crippen LogP contribution in [0, 0.1) is 5.92 Å². The number of rotatable bonds is 6. The standard InChI is InChI=1S/C19H30N4O2/c24-13-12-22-10-6-18(7-11-22)23-9-3-4-16(15-23)19(25)21-14-17-5-1-2-8-20-17/h1-2,5,8,16,18,24H,3-4,6-7,9-15H2,(H,21,25)/t16-/m1/s1. The van der Waals surface area contributed by atoms with E-state index in [4.69, 9.17) is 5.11 Å². The molecule has 0 aliphatic carbocycles. The molecule has 6 nitrogen and oxygen atoms in total. The SMILES string of the molecule is O=C(NCc1ccccn1)[C@@H]1CCCN(C2CCN(CCO)CC2)C1. The molecule has 2 fully saturated rings. The molecule has 138 valence electrons. The van der Waals surface area contributed by atoms with Crippen molar-refractivity contribution in [1.82, 2.24) is 20.1 Å². The van der Waals surface area contributed by atoms with E-state index in [2.05, 4.69) is 20.1 Å². The summed E-state index contributed by atoms with van der Waals surface area (Å²) in [7, 11) is 0. The number of nitrogens with one attached hydrogen (secondary N) is 1. The first-order valence-corrected chi connectivity index (χ1v) is 9.51. The minimum absolute atomic E-state index is 0.0907. The van der Waals surface area contributed by atoms with Crippen LogP contribution in [0.4, 0.5) is 0 Å². The molecule has 0 saturated carbocycles. The third kappa shape index (κ3) is 5.23. The van der Waals surface area contributed by atoms with Crippen molar-refractivity contribution in [2.45, 2.75) is 38.3 Å². The summed E-state index contributed by atoms with van der Waals surface area (Å²) in [6, 6.07) is 6.35. The summed E-state index contributed by atoms with van der Waals surface area (Å²) in [5, 5.41) is 12.1. The lowest BCUT2D eigenvalue weighted by molar-refractivity contribution is -0.127. The first-order valence-electron chi connectivity index (χ1n) is 9.51. The monoisotopic (exact) mass is 346 g/mol. The second kappa shape index (κ2) is 9.27. The Morgan fingerprint density at radius 1 is 1.24 bits per heavy atom. The third-order valence-electron chi connectivity index (χ3n) is 5.48. The number of likely N-dealkylation sites (tertiary alicyclic amines) is 2. The van der Waals surface area contributed by atoms with Gasteiger partial charge in [-0.1, -0.05) is 6.07 Å². The van der Waals surface area contributed by atoms with Crippen LogP contribution in [0.1, 0.15) is 31.4 Å². The van der Waals surface area contributed by atoms with Gasteiger partial charge in [0.1, 0.15) is 0 Å². The molecule has 6 heteroatoms. The van der Waals surface area contributed by atoms with Gasteiger partial charge in [0.25, 0.3) is 0 Å². The summed E-state index contributed by atoms with van der Waals surface area (Å²) in [6.07, 6.45) is 6.12. The second-order valence-electron chi connectivity index (χ2n) is 7.17. The second-order valence-corrected chi connectivity index (χ2v) is 7.17. The molecule has 0 unspecified atom stereocenters. The molecule has 0 spiro atoms. The number of aliphatic hydroxyl groups excluding tert-OH is 1. The number of β-amino-alcohol motifs (C(OH)–C–C–N with tert-alkyl or cyclic N) is 1. The van der Waals surface area contributed by atoms with E-state index in [1.54, 1.807) is 6.20 Å². The lowest BCUT2D eigenvalue weighted by atomic mass is 9.93. The largest absolute Gasteiger partial charge is 0.395 e. The zero-order chi connectivity index (χ0) is 17.5.